The maximum atomic E-state index is 10.3. The molecule has 0 fully saturated rings. The van der Waals surface area contributed by atoms with E-state index in [1.807, 2.05) is 12.1 Å². The molecule has 2 rings (SSSR count). The van der Waals surface area contributed by atoms with Crippen LogP contribution in [0.2, 0.25) is 0 Å². The first-order valence-electron chi connectivity index (χ1n) is 7.35. The second-order valence-electron chi connectivity index (χ2n) is 5.01. The quantitative estimate of drug-likeness (QED) is 0.785. The number of methoxy groups -OCH3 is 2. The van der Waals surface area contributed by atoms with Crippen molar-refractivity contribution < 1.29 is 19.0 Å². The Morgan fingerprint density at radius 1 is 1.09 bits per heavy atom. The zero-order valence-corrected chi connectivity index (χ0v) is 13.3. The maximum Gasteiger partial charge on any atom is 0.122 e. The van der Waals surface area contributed by atoms with Gasteiger partial charge < -0.3 is 24.3 Å². The van der Waals surface area contributed by atoms with E-state index in [0.717, 1.165) is 23.5 Å². The van der Waals surface area contributed by atoms with E-state index in [-0.39, 0.29) is 0 Å². The molecule has 1 heterocycles. The Morgan fingerprint density at radius 3 is 2.27 bits per heavy atom. The Morgan fingerprint density at radius 2 is 1.73 bits per heavy atom. The predicted molar refractivity (Wildman–Crippen MR) is 84.3 cm³/mol. The lowest BCUT2D eigenvalue weighted by Gasteiger charge is -2.14. The van der Waals surface area contributed by atoms with Gasteiger partial charge in [0.05, 0.1) is 26.9 Å². The Hall–Kier alpha value is -1.98. The van der Waals surface area contributed by atoms with E-state index in [4.69, 9.17) is 13.9 Å². The van der Waals surface area contributed by atoms with Gasteiger partial charge in [-0.05, 0) is 29.8 Å². The van der Waals surface area contributed by atoms with Gasteiger partial charge in [0.2, 0.25) is 0 Å². The molecule has 0 aliphatic rings. The van der Waals surface area contributed by atoms with Gasteiger partial charge in [0.1, 0.15) is 23.0 Å². The van der Waals surface area contributed by atoms with Crippen molar-refractivity contribution in [2.75, 3.05) is 20.8 Å². The third-order valence-corrected chi connectivity index (χ3v) is 3.46. The van der Waals surface area contributed by atoms with Gasteiger partial charge in [0, 0.05) is 19.0 Å². The fraction of sp³-hybridized carbons (Fsp3) is 0.412. The molecule has 0 amide bonds. The van der Waals surface area contributed by atoms with Crippen molar-refractivity contribution in [3.05, 3.63) is 47.4 Å². The van der Waals surface area contributed by atoms with Crippen molar-refractivity contribution in [3.63, 3.8) is 0 Å². The van der Waals surface area contributed by atoms with E-state index in [1.54, 1.807) is 32.4 Å². The number of rotatable bonds is 8. The summed E-state index contributed by atoms with van der Waals surface area (Å²) in [7, 11) is 3.18. The number of hydrogen-bond acceptors (Lipinski definition) is 5. The Kier molecular flexibility index (Phi) is 5.86. The largest absolute Gasteiger partial charge is 0.497 e. The van der Waals surface area contributed by atoms with E-state index in [1.165, 1.54) is 0 Å². The summed E-state index contributed by atoms with van der Waals surface area (Å²) in [6.45, 7) is 3.05. The summed E-state index contributed by atoms with van der Waals surface area (Å²) in [4.78, 5) is 0. The maximum absolute atomic E-state index is 10.3. The summed E-state index contributed by atoms with van der Waals surface area (Å²) in [6.07, 6.45) is 0.233. The third kappa shape index (κ3) is 4.26. The third-order valence-electron chi connectivity index (χ3n) is 3.46. The molecule has 0 saturated heterocycles. The summed E-state index contributed by atoms with van der Waals surface area (Å²) >= 11 is 0. The van der Waals surface area contributed by atoms with Crippen LogP contribution in [-0.2, 0) is 13.0 Å². The van der Waals surface area contributed by atoms with Gasteiger partial charge in [-0.3, -0.25) is 0 Å². The minimum absolute atomic E-state index is 0.415. The van der Waals surface area contributed by atoms with Crippen molar-refractivity contribution in [1.29, 1.82) is 0 Å². The fourth-order valence-electron chi connectivity index (χ4n) is 2.18. The van der Waals surface area contributed by atoms with Gasteiger partial charge in [-0.25, -0.2) is 0 Å². The van der Waals surface area contributed by atoms with Crippen LogP contribution in [0.5, 0.6) is 11.5 Å². The van der Waals surface area contributed by atoms with Crippen LogP contribution in [0.15, 0.2) is 34.7 Å². The minimum atomic E-state index is -0.649. The van der Waals surface area contributed by atoms with Gasteiger partial charge in [0.15, 0.2) is 0 Å². The van der Waals surface area contributed by atoms with Crippen molar-refractivity contribution in [1.82, 2.24) is 5.32 Å². The molecule has 5 heteroatoms. The second kappa shape index (κ2) is 7.87. The summed E-state index contributed by atoms with van der Waals surface area (Å²) < 4.78 is 16.0. The summed E-state index contributed by atoms with van der Waals surface area (Å²) in [6, 6.07) is 9.31. The summed E-state index contributed by atoms with van der Waals surface area (Å²) in [5.41, 5.74) is 0.748. The molecule has 2 N–H and O–H groups in total. The Balaban J connectivity index is 1.92. The highest BCUT2D eigenvalue weighted by molar-refractivity contribution is 5.39. The van der Waals surface area contributed by atoms with E-state index in [2.05, 4.69) is 12.2 Å². The molecular weight excluding hydrogens is 282 g/mol. The first-order valence-corrected chi connectivity index (χ1v) is 7.35. The van der Waals surface area contributed by atoms with Crippen LogP contribution in [0.25, 0.3) is 0 Å². The van der Waals surface area contributed by atoms with Crippen molar-refractivity contribution in [3.8, 4) is 11.5 Å². The zero-order chi connectivity index (χ0) is 15.9. The molecule has 1 aromatic carbocycles. The van der Waals surface area contributed by atoms with E-state index in [9.17, 15) is 5.11 Å². The van der Waals surface area contributed by atoms with E-state index >= 15 is 0 Å². The molecule has 0 bridgehead atoms. The zero-order valence-electron chi connectivity index (χ0n) is 13.3. The molecule has 0 aliphatic carbocycles. The summed E-state index contributed by atoms with van der Waals surface area (Å²) in [5.74, 6) is 3.15. The normalized spacial score (nSPS) is 12.2. The van der Waals surface area contributed by atoms with Crippen LogP contribution < -0.4 is 14.8 Å². The SMILES string of the molecule is CCc1ccc(CNCC(O)c2cc(OC)cc(OC)c2)o1. The summed E-state index contributed by atoms with van der Waals surface area (Å²) in [5, 5.41) is 13.5. The topological polar surface area (TPSA) is 63.9 Å². The predicted octanol–water partition coefficient (Wildman–Crippen LogP) is 2.68. The number of benzene rings is 1. The molecule has 2 aromatic rings. The smallest absolute Gasteiger partial charge is 0.122 e. The Bertz CT molecular complexity index is 572. The molecule has 0 radical (unpaired) electrons. The second-order valence-corrected chi connectivity index (χ2v) is 5.01. The molecule has 120 valence electrons. The molecule has 0 saturated carbocycles. The Labute approximate surface area is 130 Å². The van der Waals surface area contributed by atoms with Gasteiger partial charge in [-0.2, -0.15) is 0 Å². The highest BCUT2D eigenvalue weighted by Crippen LogP contribution is 2.26. The molecule has 22 heavy (non-hydrogen) atoms. The monoisotopic (exact) mass is 305 g/mol. The van der Waals surface area contributed by atoms with Crippen molar-refractivity contribution in [2.24, 2.45) is 0 Å². The average Bonchev–Trinajstić information content (AvgIpc) is 3.02. The average molecular weight is 305 g/mol. The number of nitrogens with one attached hydrogen (secondary N) is 1. The number of aryl methyl sites for hydroxylation is 1. The molecular formula is C17H23NO4. The lowest BCUT2D eigenvalue weighted by atomic mass is 10.1. The van der Waals surface area contributed by atoms with Crippen molar-refractivity contribution in [2.45, 2.75) is 26.0 Å². The number of aliphatic hydroxyl groups excluding tert-OH is 1. The number of hydrogen-bond donors (Lipinski definition) is 2. The first-order chi connectivity index (χ1) is 10.7. The number of aliphatic hydroxyl groups is 1. The fourth-order valence-corrected chi connectivity index (χ4v) is 2.18. The molecule has 1 aromatic heterocycles. The van der Waals surface area contributed by atoms with Crippen LogP contribution in [-0.4, -0.2) is 25.9 Å². The first kappa shape index (κ1) is 16.4. The van der Waals surface area contributed by atoms with Crippen LogP contribution >= 0.6 is 0 Å². The van der Waals surface area contributed by atoms with Crippen LogP contribution in [0, 0.1) is 0 Å². The van der Waals surface area contributed by atoms with Gasteiger partial charge >= 0.3 is 0 Å². The van der Waals surface area contributed by atoms with E-state index < -0.39 is 6.10 Å². The lowest BCUT2D eigenvalue weighted by molar-refractivity contribution is 0.172. The molecule has 0 spiro atoms. The molecule has 1 unspecified atom stereocenters. The molecule has 0 aliphatic heterocycles. The minimum Gasteiger partial charge on any atom is -0.497 e. The lowest BCUT2D eigenvalue weighted by Crippen LogP contribution is -2.20. The van der Waals surface area contributed by atoms with Gasteiger partial charge in [-0.15, -0.1) is 0 Å². The van der Waals surface area contributed by atoms with Gasteiger partial charge in [0.25, 0.3) is 0 Å². The van der Waals surface area contributed by atoms with E-state index in [0.29, 0.717) is 24.6 Å². The number of ether oxygens (including phenoxy) is 2. The molecule has 1 atom stereocenters. The van der Waals surface area contributed by atoms with Crippen LogP contribution in [0.4, 0.5) is 0 Å². The van der Waals surface area contributed by atoms with Crippen LogP contribution in [0.3, 0.4) is 0 Å². The van der Waals surface area contributed by atoms with Gasteiger partial charge in [-0.1, -0.05) is 6.92 Å². The highest BCUT2D eigenvalue weighted by Gasteiger charge is 2.11. The standard InChI is InChI=1S/C17H23NO4/c1-4-13-5-6-14(22-13)10-18-11-17(19)12-7-15(20-2)9-16(8-12)21-3/h5-9,17-19H,4,10-11H2,1-3H3. The molecule has 5 nitrogen and oxygen atoms in total. The van der Waals surface area contributed by atoms with Crippen molar-refractivity contribution >= 4 is 0 Å². The number of furan rings is 1. The van der Waals surface area contributed by atoms with Crippen LogP contribution in [0.1, 0.15) is 30.1 Å². The highest BCUT2D eigenvalue weighted by atomic mass is 16.5.